The third-order valence-corrected chi connectivity index (χ3v) is 1.78. The van der Waals surface area contributed by atoms with Gasteiger partial charge in [0.1, 0.15) is 5.52 Å². The Balaban J connectivity index is 2.44. The van der Waals surface area contributed by atoms with Gasteiger partial charge in [-0.3, -0.25) is 4.79 Å². The second-order valence-corrected chi connectivity index (χ2v) is 2.81. The number of carboxylic acids is 1. The Kier molecular flexibility index (Phi) is 1.54. The van der Waals surface area contributed by atoms with Crippen LogP contribution in [0.25, 0.3) is 11.2 Å². The van der Waals surface area contributed by atoms with Crippen LogP contribution < -0.4 is 0 Å². The number of nitrogens with zero attached hydrogens (tertiary/aromatic N) is 3. The molecule has 0 aromatic carbocycles. The average Bonchev–Trinajstić information content (AvgIpc) is 2.53. The van der Waals surface area contributed by atoms with Crippen LogP contribution in [-0.4, -0.2) is 31.1 Å². The lowest BCUT2D eigenvalue weighted by Crippen LogP contribution is -2.00. The first-order valence-electron chi connectivity index (χ1n) is 3.76. The molecule has 0 aliphatic heterocycles. The van der Waals surface area contributed by atoms with Gasteiger partial charge in [-0.1, -0.05) is 5.21 Å². The number of carbonyl (C=O) groups is 1. The SMILES string of the molecule is Cn1nnc2cc(CC(=O)O)[nH]c21. The number of rotatable bonds is 2. The van der Waals surface area contributed by atoms with Crippen LogP contribution in [0.3, 0.4) is 0 Å². The van der Waals surface area contributed by atoms with Gasteiger partial charge in [0, 0.05) is 12.7 Å². The van der Waals surface area contributed by atoms with Crippen LogP contribution in [0.5, 0.6) is 0 Å². The number of hydrogen-bond donors (Lipinski definition) is 2. The first-order valence-corrected chi connectivity index (χ1v) is 3.76. The number of aliphatic carboxylic acids is 1. The van der Waals surface area contributed by atoms with Crippen LogP contribution in [0.15, 0.2) is 6.07 Å². The van der Waals surface area contributed by atoms with Crippen molar-refractivity contribution in [3.05, 3.63) is 11.8 Å². The summed E-state index contributed by atoms with van der Waals surface area (Å²) in [7, 11) is 1.75. The zero-order valence-electron chi connectivity index (χ0n) is 6.98. The second-order valence-electron chi connectivity index (χ2n) is 2.81. The van der Waals surface area contributed by atoms with Gasteiger partial charge in [0.25, 0.3) is 0 Å². The largest absolute Gasteiger partial charge is 0.481 e. The maximum atomic E-state index is 10.4. The molecule has 0 atom stereocenters. The summed E-state index contributed by atoms with van der Waals surface area (Å²) in [5, 5.41) is 16.1. The van der Waals surface area contributed by atoms with Crippen LogP contribution in [-0.2, 0) is 18.3 Å². The van der Waals surface area contributed by atoms with E-state index in [1.54, 1.807) is 17.8 Å². The van der Waals surface area contributed by atoms with E-state index in [1.807, 2.05) is 0 Å². The van der Waals surface area contributed by atoms with E-state index in [9.17, 15) is 4.79 Å². The number of hydrogen-bond acceptors (Lipinski definition) is 3. The average molecular weight is 180 g/mol. The van der Waals surface area contributed by atoms with Crippen molar-refractivity contribution in [3.8, 4) is 0 Å². The Morgan fingerprint density at radius 2 is 2.54 bits per heavy atom. The zero-order valence-corrected chi connectivity index (χ0v) is 6.98. The molecule has 0 saturated heterocycles. The third kappa shape index (κ3) is 1.26. The molecular formula is C7H8N4O2. The van der Waals surface area contributed by atoms with E-state index in [2.05, 4.69) is 15.3 Å². The molecule has 0 radical (unpaired) electrons. The molecule has 0 saturated carbocycles. The van der Waals surface area contributed by atoms with Crippen molar-refractivity contribution >= 4 is 17.1 Å². The molecule has 0 spiro atoms. The van der Waals surface area contributed by atoms with Crippen molar-refractivity contribution in [3.63, 3.8) is 0 Å². The minimum Gasteiger partial charge on any atom is -0.481 e. The number of carboxylic acid groups (broad SMARTS) is 1. The monoisotopic (exact) mass is 180 g/mol. The van der Waals surface area contributed by atoms with Crippen molar-refractivity contribution in [1.82, 2.24) is 20.0 Å². The molecule has 2 aromatic heterocycles. The quantitative estimate of drug-likeness (QED) is 0.677. The molecule has 13 heavy (non-hydrogen) atoms. The zero-order chi connectivity index (χ0) is 9.42. The Bertz CT molecular complexity index is 456. The summed E-state index contributed by atoms with van der Waals surface area (Å²) < 4.78 is 1.57. The Hall–Kier alpha value is -1.85. The maximum Gasteiger partial charge on any atom is 0.309 e. The summed E-state index contributed by atoms with van der Waals surface area (Å²) in [6, 6.07) is 1.69. The van der Waals surface area contributed by atoms with Crippen molar-refractivity contribution in [2.24, 2.45) is 7.05 Å². The summed E-state index contributed by atoms with van der Waals surface area (Å²) in [4.78, 5) is 13.3. The Morgan fingerprint density at radius 3 is 3.15 bits per heavy atom. The molecule has 2 rings (SSSR count). The van der Waals surface area contributed by atoms with E-state index in [-0.39, 0.29) is 6.42 Å². The number of aromatic nitrogens is 4. The lowest BCUT2D eigenvalue weighted by atomic mass is 10.3. The Labute approximate surface area is 73.2 Å². The van der Waals surface area contributed by atoms with Gasteiger partial charge in [-0.2, -0.15) is 0 Å². The van der Waals surface area contributed by atoms with Gasteiger partial charge in [-0.25, -0.2) is 4.68 Å². The van der Waals surface area contributed by atoms with E-state index in [1.165, 1.54) is 0 Å². The minimum atomic E-state index is -0.862. The minimum absolute atomic E-state index is 0.0175. The number of aryl methyl sites for hydroxylation is 1. The first kappa shape index (κ1) is 7.78. The fraction of sp³-hybridized carbons (Fsp3) is 0.286. The normalized spacial score (nSPS) is 10.8. The highest BCUT2D eigenvalue weighted by Crippen LogP contribution is 2.11. The number of nitrogens with one attached hydrogen (secondary N) is 1. The van der Waals surface area contributed by atoms with Crippen LogP contribution in [0.2, 0.25) is 0 Å². The molecular weight excluding hydrogens is 172 g/mol. The third-order valence-electron chi connectivity index (χ3n) is 1.78. The van der Waals surface area contributed by atoms with Crippen LogP contribution in [0.1, 0.15) is 5.69 Å². The van der Waals surface area contributed by atoms with E-state index in [0.717, 1.165) is 5.65 Å². The topological polar surface area (TPSA) is 83.8 Å². The number of aromatic amines is 1. The highest BCUT2D eigenvalue weighted by Gasteiger charge is 2.08. The van der Waals surface area contributed by atoms with Gasteiger partial charge in [0.15, 0.2) is 5.65 Å². The maximum absolute atomic E-state index is 10.4. The predicted octanol–water partition coefficient (Wildman–Crippen LogP) is -0.0765. The van der Waals surface area contributed by atoms with Gasteiger partial charge in [0.2, 0.25) is 0 Å². The van der Waals surface area contributed by atoms with Crippen molar-refractivity contribution in [1.29, 1.82) is 0 Å². The molecule has 6 heteroatoms. The van der Waals surface area contributed by atoms with E-state index in [0.29, 0.717) is 11.2 Å². The van der Waals surface area contributed by atoms with Crippen molar-refractivity contribution in [2.75, 3.05) is 0 Å². The van der Waals surface area contributed by atoms with Crippen LogP contribution >= 0.6 is 0 Å². The van der Waals surface area contributed by atoms with E-state index < -0.39 is 5.97 Å². The van der Waals surface area contributed by atoms with Gasteiger partial charge < -0.3 is 10.1 Å². The van der Waals surface area contributed by atoms with E-state index in [4.69, 9.17) is 5.11 Å². The molecule has 0 unspecified atom stereocenters. The summed E-state index contributed by atoms with van der Waals surface area (Å²) in [6.45, 7) is 0. The predicted molar refractivity (Wildman–Crippen MR) is 44.2 cm³/mol. The van der Waals surface area contributed by atoms with Crippen LogP contribution in [0.4, 0.5) is 0 Å². The highest BCUT2D eigenvalue weighted by atomic mass is 16.4. The fourth-order valence-corrected chi connectivity index (χ4v) is 1.23. The molecule has 6 nitrogen and oxygen atoms in total. The Morgan fingerprint density at radius 1 is 1.77 bits per heavy atom. The van der Waals surface area contributed by atoms with Crippen molar-refractivity contribution in [2.45, 2.75) is 6.42 Å². The fourth-order valence-electron chi connectivity index (χ4n) is 1.23. The molecule has 0 aliphatic carbocycles. The molecule has 0 amide bonds. The molecule has 0 aliphatic rings. The van der Waals surface area contributed by atoms with Gasteiger partial charge in [0.05, 0.1) is 6.42 Å². The summed E-state index contributed by atoms with van der Waals surface area (Å²) in [6.07, 6.45) is -0.0175. The van der Waals surface area contributed by atoms with Gasteiger partial charge in [-0.15, -0.1) is 5.10 Å². The smallest absolute Gasteiger partial charge is 0.309 e. The highest BCUT2D eigenvalue weighted by molar-refractivity contribution is 5.76. The summed E-state index contributed by atoms with van der Waals surface area (Å²) in [5.41, 5.74) is 2.08. The molecule has 2 heterocycles. The number of H-pyrrole nitrogens is 1. The summed E-state index contributed by atoms with van der Waals surface area (Å²) >= 11 is 0. The molecule has 2 N–H and O–H groups in total. The molecule has 2 aromatic rings. The van der Waals surface area contributed by atoms with E-state index >= 15 is 0 Å². The second kappa shape index (κ2) is 2.58. The summed E-state index contributed by atoms with van der Waals surface area (Å²) in [5.74, 6) is -0.862. The molecule has 68 valence electrons. The lowest BCUT2D eigenvalue weighted by Gasteiger charge is -1.90. The van der Waals surface area contributed by atoms with Gasteiger partial charge in [-0.05, 0) is 6.07 Å². The van der Waals surface area contributed by atoms with Gasteiger partial charge >= 0.3 is 5.97 Å². The first-order chi connectivity index (χ1) is 6.16. The molecule has 0 bridgehead atoms. The lowest BCUT2D eigenvalue weighted by molar-refractivity contribution is -0.136. The standard InChI is InChI=1S/C7H8N4O2/c1-11-7-5(9-10-11)2-4(8-7)3-6(12)13/h2,8H,3H2,1H3,(H,12,13). The number of fused-ring (bicyclic) bond motifs is 1. The molecule has 0 fully saturated rings. The van der Waals surface area contributed by atoms with Crippen LogP contribution in [0, 0.1) is 0 Å². The van der Waals surface area contributed by atoms with Crippen molar-refractivity contribution < 1.29 is 9.90 Å².